The molecule has 7 nitrogen and oxygen atoms in total. The molecule has 2 heterocycles. The molecule has 9 heteroatoms. The number of halogens is 1. The maximum Gasteiger partial charge on any atom is 0.317 e. The van der Waals surface area contributed by atoms with Crippen molar-refractivity contribution < 1.29 is 14.0 Å². The average molecular weight is 558 g/mol. The van der Waals surface area contributed by atoms with Gasteiger partial charge in [0.15, 0.2) is 0 Å². The largest absolute Gasteiger partial charge is 0.341 e. The summed E-state index contributed by atoms with van der Waals surface area (Å²) in [4.78, 5) is 33.2. The van der Waals surface area contributed by atoms with Gasteiger partial charge in [-0.1, -0.05) is 37.1 Å². The quantitative estimate of drug-likeness (QED) is 0.400. The van der Waals surface area contributed by atoms with E-state index in [0.29, 0.717) is 31.8 Å². The SMILES string of the molecule is CNC(=O)N1CC(c2ccc(-c3sc(-c4ccc(F)cc4)nc3[C@@H]3CCCC[C@H]3C(=O)NC3(C#N)CC3)cc2)C1. The van der Waals surface area contributed by atoms with Crippen molar-refractivity contribution in [2.75, 3.05) is 20.1 Å². The highest BCUT2D eigenvalue weighted by molar-refractivity contribution is 7.18. The summed E-state index contributed by atoms with van der Waals surface area (Å²) in [6.45, 7) is 1.39. The Labute approximate surface area is 237 Å². The lowest BCUT2D eigenvalue weighted by Gasteiger charge is -2.39. The highest BCUT2D eigenvalue weighted by Gasteiger charge is 2.47. The van der Waals surface area contributed by atoms with Gasteiger partial charge in [0.2, 0.25) is 5.91 Å². The second-order valence-corrected chi connectivity index (χ2v) is 12.2. The smallest absolute Gasteiger partial charge is 0.317 e. The first-order valence-corrected chi connectivity index (χ1v) is 14.8. The number of urea groups is 1. The lowest BCUT2D eigenvalue weighted by molar-refractivity contribution is -0.127. The Bertz CT molecular complexity index is 1450. The van der Waals surface area contributed by atoms with Crippen LogP contribution in [0.15, 0.2) is 48.5 Å². The molecule has 0 radical (unpaired) electrons. The van der Waals surface area contributed by atoms with Crippen molar-refractivity contribution >= 4 is 23.3 Å². The summed E-state index contributed by atoms with van der Waals surface area (Å²) in [7, 11) is 1.64. The van der Waals surface area contributed by atoms with Gasteiger partial charge in [-0.25, -0.2) is 14.2 Å². The van der Waals surface area contributed by atoms with E-state index in [1.165, 1.54) is 17.7 Å². The normalized spacial score (nSPS) is 21.7. The van der Waals surface area contributed by atoms with Gasteiger partial charge in [-0.2, -0.15) is 5.26 Å². The standard InChI is InChI=1S/C31H32FN5O2S/c1-34-30(39)37-16-22(17-37)19-6-8-20(9-7-19)27-26(35-29(40-27)21-10-12-23(32)13-11-21)24-4-2-3-5-25(24)28(38)36-31(18-33)14-15-31/h6-13,22,24-25H,2-5,14-17H2,1H3,(H,34,39)(H,36,38)/t24-,25-/m1/s1. The molecule has 6 rings (SSSR count). The number of hydrogen-bond acceptors (Lipinski definition) is 5. The molecule has 2 atom stereocenters. The van der Waals surface area contributed by atoms with Crippen molar-refractivity contribution in [2.45, 2.75) is 55.9 Å². The summed E-state index contributed by atoms with van der Waals surface area (Å²) in [6, 6.07) is 17.1. The average Bonchev–Trinajstić information content (AvgIpc) is 3.59. The third-order valence-electron chi connectivity index (χ3n) is 8.55. The van der Waals surface area contributed by atoms with Crippen molar-refractivity contribution in [1.82, 2.24) is 20.5 Å². The fraction of sp³-hybridized carbons (Fsp3) is 0.419. The van der Waals surface area contributed by atoms with E-state index in [4.69, 9.17) is 4.98 Å². The second-order valence-electron chi connectivity index (χ2n) is 11.2. The predicted octanol–water partition coefficient (Wildman–Crippen LogP) is 5.80. The van der Waals surface area contributed by atoms with Crippen LogP contribution in [0.5, 0.6) is 0 Å². The van der Waals surface area contributed by atoms with Gasteiger partial charge in [0.1, 0.15) is 16.4 Å². The Morgan fingerprint density at radius 2 is 1.73 bits per heavy atom. The van der Waals surface area contributed by atoms with Gasteiger partial charge in [-0.15, -0.1) is 11.3 Å². The lowest BCUT2D eigenvalue weighted by atomic mass is 9.76. The molecular weight excluding hydrogens is 525 g/mol. The molecule has 0 spiro atoms. The second kappa shape index (κ2) is 10.7. The molecule has 3 amide bonds. The fourth-order valence-corrected chi connectivity index (χ4v) is 7.06. The molecule has 3 fully saturated rings. The van der Waals surface area contributed by atoms with Crippen LogP contribution in [0.4, 0.5) is 9.18 Å². The predicted molar refractivity (Wildman–Crippen MR) is 152 cm³/mol. The molecule has 206 valence electrons. The maximum atomic E-state index is 13.7. The number of thiazole rings is 1. The molecule has 2 N–H and O–H groups in total. The molecule has 0 bridgehead atoms. The van der Waals surface area contributed by atoms with E-state index in [1.54, 1.807) is 35.4 Å². The van der Waals surface area contributed by atoms with Crippen LogP contribution in [0.2, 0.25) is 0 Å². The third-order valence-corrected chi connectivity index (χ3v) is 9.72. The minimum Gasteiger partial charge on any atom is -0.341 e. The molecule has 1 saturated heterocycles. The van der Waals surface area contributed by atoms with Crippen LogP contribution >= 0.6 is 11.3 Å². The number of carbonyl (C=O) groups excluding carboxylic acids is 2. The Morgan fingerprint density at radius 1 is 1.05 bits per heavy atom. The van der Waals surface area contributed by atoms with Crippen LogP contribution in [0, 0.1) is 23.1 Å². The number of carbonyl (C=O) groups is 2. The van der Waals surface area contributed by atoms with Crippen LogP contribution in [0.3, 0.4) is 0 Å². The van der Waals surface area contributed by atoms with Gasteiger partial charge < -0.3 is 15.5 Å². The van der Waals surface area contributed by atoms with E-state index in [0.717, 1.165) is 52.4 Å². The van der Waals surface area contributed by atoms with Crippen LogP contribution in [0.25, 0.3) is 21.0 Å². The van der Waals surface area contributed by atoms with Crippen molar-refractivity contribution in [3.05, 3.63) is 65.6 Å². The van der Waals surface area contributed by atoms with Crippen molar-refractivity contribution in [3.8, 4) is 27.1 Å². The zero-order chi connectivity index (χ0) is 27.9. The molecule has 3 aromatic rings. The molecule has 1 aliphatic heterocycles. The van der Waals surface area contributed by atoms with Crippen LogP contribution in [-0.2, 0) is 4.79 Å². The van der Waals surface area contributed by atoms with E-state index in [-0.39, 0.29) is 29.6 Å². The molecule has 1 aromatic heterocycles. The molecular formula is C31H32FN5O2S. The van der Waals surface area contributed by atoms with Gasteiger partial charge in [0.05, 0.1) is 16.6 Å². The molecule has 2 aromatic carbocycles. The minimum absolute atomic E-state index is 0.0490. The minimum atomic E-state index is -0.700. The zero-order valence-corrected chi connectivity index (χ0v) is 23.3. The van der Waals surface area contributed by atoms with Crippen molar-refractivity contribution in [2.24, 2.45) is 5.92 Å². The summed E-state index contributed by atoms with van der Waals surface area (Å²) in [5, 5.41) is 16.1. The highest BCUT2D eigenvalue weighted by Crippen LogP contribution is 2.46. The maximum absolute atomic E-state index is 13.7. The number of aromatic nitrogens is 1. The number of nitriles is 1. The first-order valence-electron chi connectivity index (χ1n) is 14.0. The number of nitrogens with one attached hydrogen (secondary N) is 2. The summed E-state index contributed by atoms with van der Waals surface area (Å²) < 4.78 is 13.7. The molecule has 2 aliphatic carbocycles. The van der Waals surface area contributed by atoms with Crippen LogP contribution in [0.1, 0.15) is 61.6 Å². The summed E-state index contributed by atoms with van der Waals surface area (Å²) in [5.74, 6) is -0.337. The van der Waals surface area contributed by atoms with E-state index in [2.05, 4.69) is 41.0 Å². The number of benzene rings is 2. The van der Waals surface area contributed by atoms with Crippen LogP contribution < -0.4 is 10.6 Å². The topological polar surface area (TPSA) is 98.1 Å². The number of rotatable bonds is 6. The Balaban J connectivity index is 1.32. The number of hydrogen-bond donors (Lipinski definition) is 2. The molecule has 0 unspecified atom stereocenters. The Kier molecular flexibility index (Phi) is 7.05. The van der Waals surface area contributed by atoms with Gasteiger partial charge in [0.25, 0.3) is 0 Å². The lowest BCUT2D eigenvalue weighted by Crippen LogP contribution is -2.51. The van der Waals surface area contributed by atoms with Gasteiger partial charge >= 0.3 is 6.03 Å². The van der Waals surface area contributed by atoms with Gasteiger partial charge in [0, 0.05) is 43.5 Å². The zero-order valence-electron chi connectivity index (χ0n) is 22.5. The summed E-state index contributed by atoms with van der Waals surface area (Å²) in [6.07, 6.45) is 5.02. The molecule has 2 saturated carbocycles. The first kappa shape index (κ1) is 26.5. The highest BCUT2D eigenvalue weighted by atomic mass is 32.1. The fourth-order valence-electron chi connectivity index (χ4n) is 5.92. The monoisotopic (exact) mass is 557 g/mol. The third kappa shape index (κ3) is 5.08. The van der Waals surface area contributed by atoms with E-state index < -0.39 is 5.54 Å². The summed E-state index contributed by atoms with van der Waals surface area (Å²) >= 11 is 1.57. The van der Waals surface area contributed by atoms with Crippen LogP contribution in [-0.4, -0.2) is 47.5 Å². The first-order chi connectivity index (χ1) is 19.4. The van der Waals surface area contributed by atoms with Crippen molar-refractivity contribution in [1.29, 1.82) is 5.26 Å². The van der Waals surface area contributed by atoms with E-state index in [1.807, 2.05) is 0 Å². The number of amides is 3. The molecule has 3 aliphatic rings. The summed E-state index contributed by atoms with van der Waals surface area (Å²) in [5.41, 5.74) is 3.28. The number of nitrogens with zero attached hydrogens (tertiary/aromatic N) is 3. The van der Waals surface area contributed by atoms with E-state index in [9.17, 15) is 19.2 Å². The van der Waals surface area contributed by atoms with E-state index >= 15 is 0 Å². The van der Waals surface area contributed by atoms with Crippen molar-refractivity contribution in [3.63, 3.8) is 0 Å². The Morgan fingerprint density at radius 3 is 2.38 bits per heavy atom. The number of likely N-dealkylation sites (tertiary alicyclic amines) is 1. The van der Waals surface area contributed by atoms with Gasteiger partial charge in [-0.05, 0) is 61.1 Å². The molecule has 40 heavy (non-hydrogen) atoms. The van der Waals surface area contributed by atoms with Gasteiger partial charge in [-0.3, -0.25) is 4.79 Å². The Hall–Kier alpha value is -3.77.